The van der Waals surface area contributed by atoms with Crippen LogP contribution in [0.4, 0.5) is 0 Å². The van der Waals surface area contributed by atoms with Gasteiger partial charge in [-0.05, 0) is 41.8 Å². The van der Waals surface area contributed by atoms with Crippen molar-refractivity contribution in [2.24, 2.45) is 0 Å². The lowest BCUT2D eigenvalue weighted by Crippen LogP contribution is -2.03. The summed E-state index contributed by atoms with van der Waals surface area (Å²) in [6.07, 6.45) is 0.233. The summed E-state index contributed by atoms with van der Waals surface area (Å²) >= 11 is 0. The Hall–Kier alpha value is -3.48. The summed E-state index contributed by atoms with van der Waals surface area (Å²) in [6.45, 7) is 0. The molecule has 0 aliphatic heterocycles. The summed E-state index contributed by atoms with van der Waals surface area (Å²) in [7, 11) is 0. The summed E-state index contributed by atoms with van der Waals surface area (Å²) in [5, 5.41) is 47.9. The van der Waals surface area contributed by atoms with Gasteiger partial charge in [-0.15, -0.1) is 0 Å². The predicted molar refractivity (Wildman–Crippen MR) is 84.6 cm³/mol. The van der Waals surface area contributed by atoms with Gasteiger partial charge in [-0.25, -0.2) is 9.78 Å². The van der Waals surface area contributed by atoms with E-state index in [-0.39, 0.29) is 34.9 Å². The minimum atomic E-state index is -1.22. The number of hydrogen-bond donors (Lipinski definition) is 5. The van der Waals surface area contributed by atoms with E-state index >= 15 is 0 Å². The van der Waals surface area contributed by atoms with Gasteiger partial charge in [0.25, 0.3) is 0 Å². The second-order valence-corrected chi connectivity index (χ2v) is 5.33. The summed E-state index contributed by atoms with van der Waals surface area (Å²) in [5.74, 6) is -2.51. The molecule has 0 atom stereocenters. The molecule has 0 amide bonds. The molecule has 0 aliphatic rings. The Morgan fingerprint density at radius 2 is 1.54 bits per heavy atom. The third kappa shape index (κ3) is 2.74. The first-order valence-electron chi connectivity index (χ1n) is 6.95. The van der Waals surface area contributed by atoms with Gasteiger partial charge in [0.1, 0.15) is 5.69 Å². The minimum absolute atomic E-state index is 0.203. The summed E-state index contributed by atoms with van der Waals surface area (Å²) in [5.41, 5.74) is 1.19. The zero-order valence-electron chi connectivity index (χ0n) is 12.3. The highest BCUT2D eigenvalue weighted by Gasteiger charge is 2.14. The number of fused-ring (bicyclic) bond motifs is 1. The first-order chi connectivity index (χ1) is 11.3. The van der Waals surface area contributed by atoms with Crippen molar-refractivity contribution in [3.63, 3.8) is 0 Å². The molecule has 0 spiro atoms. The maximum absolute atomic E-state index is 11.3. The van der Waals surface area contributed by atoms with Gasteiger partial charge >= 0.3 is 5.97 Å². The number of pyridine rings is 1. The van der Waals surface area contributed by atoms with Crippen molar-refractivity contribution in [1.29, 1.82) is 0 Å². The molecule has 0 saturated carbocycles. The van der Waals surface area contributed by atoms with Crippen LogP contribution in [0.3, 0.4) is 0 Å². The Morgan fingerprint density at radius 1 is 0.875 bits per heavy atom. The van der Waals surface area contributed by atoms with Gasteiger partial charge in [0.05, 0.1) is 5.52 Å². The first kappa shape index (κ1) is 15.4. The number of hydrogen-bond acceptors (Lipinski definition) is 6. The van der Waals surface area contributed by atoms with Crippen molar-refractivity contribution < 1.29 is 30.3 Å². The highest BCUT2D eigenvalue weighted by molar-refractivity contribution is 5.93. The van der Waals surface area contributed by atoms with Crippen molar-refractivity contribution in [2.75, 3.05) is 0 Å². The van der Waals surface area contributed by atoms with Crippen LogP contribution in [0.1, 0.15) is 21.6 Å². The second-order valence-electron chi connectivity index (χ2n) is 5.33. The Labute approximate surface area is 135 Å². The molecule has 5 N–H and O–H groups in total. The molecule has 3 aromatic rings. The van der Waals surface area contributed by atoms with Gasteiger partial charge < -0.3 is 25.5 Å². The quantitative estimate of drug-likeness (QED) is 0.467. The van der Waals surface area contributed by atoms with Gasteiger partial charge in [0, 0.05) is 11.5 Å². The van der Waals surface area contributed by atoms with E-state index in [1.165, 1.54) is 30.3 Å². The van der Waals surface area contributed by atoms with Crippen LogP contribution >= 0.6 is 0 Å². The number of carboxylic acids is 1. The monoisotopic (exact) mass is 327 g/mol. The van der Waals surface area contributed by atoms with E-state index < -0.39 is 11.7 Å². The SMILES string of the molecule is O=C(O)c1cc(Cc2ccc(O)c(O)c2)c2cc(O)c(O)cc2n1. The first-order valence-corrected chi connectivity index (χ1v) is 6.95. The van der Waals surface area contributed by atoms with E-state index in [2.05, 4.69) is 4.98 Å². The topological polar surface area (TPSA) is 131 Å². The van der Waals surface area contributed by atoms with Crippen LogP contribution in [0.25, 0.3) is 10.9 Å². The van der Waals surface area contributed by atoms with Crippen molar-refractivity contribution in [2.45, 2.75) is 6.42 Å². The number of phenols is 4. The number of aromatic hydroxyl groups is 4. The molecule has 0 bridgehead atoms. The van der Waals surface area contributed by atoms with Gasteiger partial charge in [-0.2, -0.15) is 0 Å². The number of nitrogens with zero attached hydrogens (tertiary/aromatic N) is 1. The Balaban J connectivity index is 2.18. The van der Waals surface area contributed by atoms with Crippen LogP contribution in [0.5, 0.6) is 23.0 Å². The van der Waals surface area contributed by atoms with Crippen molar-refractivity contribution in [1.82, 2.24) is 4.98 Å². The van der Waals surface area contributed by atoms with Crippen LogP contribution < -0.4 is 0 Å². The molecule has 0 unspecified atom stereocenters. The zero-order chi connectivity index (χ0) is 17.4. The number of aromatic nitrogens is 1. The van der Waals surface area contributed by atoms with Gasteiger partial charge in [0.15, 0.2) is 23.0 Å². The zero-order valence-corrected chi connectivity index (χ0v) is 12.3. The largest absolute Gasteiger partial charge is 0.504 e. The molecule has 0 saturated heterocycles. The van der Waals surface area contributed by atoms with E-state index in [1.807, 2.05) is 0 Å². The summed E-state index contributed by atoms with van der Waals surface area (Å²) < 4.78 is 0. The minimum Gasteiger partial charge on any atom is -0.504 e. The number of carboxylic acid groups (broad SMARTS) is 1. The molecular formula is C17H13NO6. The van der Waals surface area contributed by atoms with Gasteiger partial charge in [-0.3, -0.25) is 0 Å². The van der Waals surface area contributed by atoms with Gasteiger partial charge in [0.2, 0.25) is 0 Å². The average molecular weight is 327 g/mol. The lowest BCUT2D eigenvalue weighted by atomic mass is 9.99. The molecule has 0 radical (unpaired) electrons. The van der Waals surface area contributed by atoms with Crippen molar-refractivity contribution in [3.8, 4) is 23.0 Å². The highest BCUT2D eigenvalue weighted by atomic mass is 16.4. The Kier molecular flexibility index (Phi) is 3.61. The normalized spacial score (nSPS) is 10.8. The van der Waals surface area contributed by atoms with Gasteiger partial charge in [-0.1, -0.05) is 6.07 Å². The molecule has 0 fully saturated rings. The number of rotatable bonds is 3. The molecule has 7 nitrogen and oxygen atoms in total. The van der Waals surface area contributed by atoms with E-state index in [9.17, 15) is 30.3 Å². The lowest BCUT2D eigenvalue weighted by Gasteiger charge is -2.10. The van der Waals surface area contributed by atoms with E-state index in [0.717, 1.165) is 0 Å². The predicted octanol–water partition coefficient (Wildman–Crippen LogP) is 2.35. The fourth-order valence-corrected chi connectivity index (χ4v) is 2.48. The fraction of sp³-hybridized carbons (Fsp3) is 0.0588. The molecule has 0 aliphatic carbocycles. The van der Waals surface area contributed by atoms with E-state index in [0.29, 0.717) is 16.5 Å². The maximum Gasteiger partial charge on any atom is 0.354 e. The summed E-state index contributed by atoms with van der Waals surface area (Å²) in [6, 6.07) is 8.14. The molecular weight excluding hydrogens is 314 g/mol. The molecule has 24 heavy (non-hydrogen) atoms. The third-order valence-corrected chi connectivity index (χ3v) is 3.64. The van der Waals surface area contributed by atoms with Crippen LogP contribution in [0, 0.1) is 0 Å². The Bertz CT molecular complexity index is 967. The highest BCUT2D eigenvalue weighted by Crippen LogP contribution is 2.33. The van der Waals surface area contributed by atoms with Crippen molar-refractivity contribution in [3.05, 3.63) is 53.2 Å². The van der Waals surface area contributed by atoms with E-state index in [1.54, 1.807) is 6.07 Å². The van der Waals surface area contributed by atoms with Crippen molar-refractivity contribution >= 4 is 16.9 Å². The van der Waals surface area contributed by atoms with Crippen LogP contribution in [0.15, 0.2) is 36.4 Å². The van der Waals surface area contributed by atoms with Crippen LogP contribution in [-0.2, 0) is 6.42 Å². The molecule has 122 valence electrons. The summed E-state index contributed by atoms with van der Waals surface area (Å²) in [4.78, 5) is 15.2. The number of benzene rings is 2. The molecule has 3 rings (SSSR count). The molecule has 1 heterocycles. The molecule has 1 aromatic heterocycles. The van der Waals surface area contributed by atoms with Crippen LogP contribution in [0.2, 0.25) is 0 Å². The maximum atomic E-state index is 11.3. The number of phenolic OH excluding ortho intramolecular Hbond substituents is 4. The smallest absolute Gasteiger partial charge is 0.354 e. The standard InChI is InChI=1S/C17H13NO6/c19-13-2-1-8(4-14(13)20)3-9-5-12(17(23)24)18-11-7-16(22)15(21)6-10(9)11/h1-2,4-7,19-22H,3H2,(H,23,24). The van der Waals surface area contributed by atoms with E-state index in [4.69, 9.17) is 0 Å². The third-order valence-electron chi connectivity index (χ3n) is 3.64. The number of aromatic carboxylic acids is 1. The Morgan fingerprint density at radius 3 is 2.21 bits per heavy atom. The second kappa shape index (κ2) is 5.62. The average Bonchev–Trinajstić information content (AvgIpc) is 2.52. The molecule has 7 heteroatoms. The lowest BCUT2D eigenvalue weighted by molar-refractivity contribution is 0.0691. The fourth-order valence-electron chi connectivity index (χ4n) is 2.48. The van der Waals surface area contributed by atoms with Crippen LogP contribution in [-0.4, -0.2) is 36.5 Å². The molecule has 2 aromatic carbocycles. The number of carbonyl (C=O) groups is 1.